The molecule has 0 aliphatic carbocycles. The van der Waals surface area contributed by atoms with Gasteiger partial charge in [0.25, 0.3) is 5.91 Å². The molecule has 0 bridgehead atoms. The molecule has 26 heavy (non-hydrogen) atoms. The van der Waals surface area contributed by atoms with Gasteiger partial charge in [-0.2, -0.15) is 0 Å². The molecular formula is C20H11BrFNO3. The van der Waals surface area contributed by atoms with E-state index in [9.17, 15) is 14.0 Å². The van der Waals surface area contributed by atoms with Crippen LogP contribution in [0.4, 0.5) is 10.1 Å². The first kappa shape index (κ1) is 16.5. The van der Waals surface area contributed by atoms with Crippen LogP contribution in [-0.2, 0) is 0 Å². The highest BCUT2D eigenvalue weighted by molar-refractivity contribution is 9.10. The largest absolute Gasteiger partial charge is 0.453 e. The summed E-state index contributed by atoms with van der Waals surface area (Å²) in [6.45, 7) is 0. The molecule has 4 aromatic rings. The van der Waals surface area contributed by atoms with E-state index in [1.165, 1.54) is 24.3 Å². The molecule has 1 aromatic heterocycles. The first-order valence-corrected chi connectivity index (χ1v) is 8.55. The van der Waals surface area contributed by atoms with E-state index in [0.717, 1.165) is 0 Å². The van der Waals surface area contributed by atoms with Gasteiger partial charge >= 0.3 is 0 Å². The topological polar surface area (TPSA) is 59.3 Å². The van der Waals surface area contributed by atoms with Crippen LogP contribution in [0.15, 0.2) is 74.3 Å². The van der Waals surface area contributed by atoms with Gasteiger partial charge in [-0.3, -0.25) is 9.59 Å². The monoisotopic (exact) mass is 411 g/mol. The van der Waals surface area contributed by atoms with E-state index in [1.54, 1.807) is 30.3 Å². The highest BCUT2D eigenvalue weighted by atomic mass is 79.9. The van der Waals surface area contributed by atoms with Gasteiger partial charge in [-0.25, -0.2) is 4.39 Å². The number of benzene rings is 3. The SMILES string of the molecule is O=C(Nc1ccc2c(=O)c3cccc(F)c3oc2c1)c1ccccc1Br. The van der Waals surface area contributed by atoms with Crippen LogP contribution >= 0.6 is 15.9 Å². The summed E-state index contributed by atoms with van der Waals surface area (Å²) in [7, 11) is 0. The fourth-order valence-corrected chi connectivity index (χ4v) is 3.23. The molecule has 0 atom stereocenters. The molecule has 128 valence electrons. The van der Waals surface area contributed by atoms with Crippen LogP contribution in [0.1, 0.15) is 10.4 Å². The predicted molar refractivity (Wildman–Crippen MR) is 102 cm³/mol. The van der Waals surface area contributed by atoms with Crippen LogP contribution < -0.4 is 10.7 Å². The molecule has 0 aliphatic heterocycles. The molecule has 4 nitrogen and oxygen atoms in total. The number of carbonyl (C=O) groups is 1. The Balaban J connectivity index is 1.79. The van der Waals surface area contributed by atoms with Crippen LogP contribution in [0, 0.1) is 5.82 Å². The standard InChI is InChI=1S/C20H11BrFNO3/c21-15-6-2-1-4-12(15)20(25)23-11-8-9-13-17(10-11)26-19-14(18(13)24)5-3-7-16(19)22/h1-10H,(H,23,25). The van der Waals surface area contributed by atoms with E-state index in [4.69, 9.17) is 4.42 Å². The Labute approximate surface area is 155 Å². The number of hydrogen-bond acceptors (Lipinski definition) is 3. The lowest BCUT2D eigenvalue weighted by atomic mass is 10.1. The predicted octanol–water partition coefficient (Wildman–Crippen LogP) is 5.10. The number of hydrogen-bond donors (Lipinski definition) is 1. The van der Waals surface area contributed by atoms with Crippen molar-refractivity contribution in [1.82, 2.24) is 0 Å². The van der Waals surface area contributed by atoms with Crippen molar-refractivity contribution in [3.63, 3.8) is 0 Å². The summed E-state index contributed by atoms with van der Waals surface area (Å²) in [6.07, 6.45) is 0. The van der Waals surface area contributed by atoms with E-state index in [0.29, 0.717) is 21.1 Å². The summed E-state index contributed by atoms with van der Waals surface area (Å²) < 4.78 is 20.2. The number of fused-ring (bicyclic) bond motifs is 2. The van der Waals surface area contributed by atoms with Crippen molar-refractivity contribution < 1.29 is 13.6 Å². The van der Waals surface area contributed by atoms with Gasteiger partial charge in [0.1, 0.15) is 5.58 Å². The minimum absolute atomic E-state index is 0.0979. The van der Waals surface area contributed by atoms with Gasteiger partial charge in [0.05, 0.1) is 16.3 Å². The van der Waals surface area contributed by atoms with Gasteiger partial charge in [-0.15, -0.1) is 0 Å². The number of para-hydroxylation sites is 1. The Morgan fingerprint density at radius 3 is 2.62 bits per heavy atom. The molecule has 6 heteroatoms. The van der Waals surface area contributed by atoms with Gasteiger partial charge in [0.15, 0.2) is 11.4 Å². The Bertz CT molecular complexity index is 1230. The minimum Gasteiger partial charge on any atom is -0.453 e. The van der Waals surface area contributed by atoms with E-state index >= 15 is 0 Å². The second-order valence-corrected chi connectivity index (χ2v) is 6.55. The average Bonchev–Trinajstić information content (AvgIpc) is 2.63. The number of anilines is 1. The van der Waals surface area contributed by atoms with Crippen molar-refractivity contribution in [3.8, 4) is 0 Å². The van der Waals surface area contributed by atoms with Crippen LogP contribution in [-0.4, -0.2) is 5.91 Å². The number of rotatable bonds is 2. The summed E-state index contributed by atoms with van der Waals surface area (Å²) in [5, 5.41) is 3.25. The quantitative estimate of drug-likeness (QED) is 0.466. The van der Waals surface area contributed by atoms with Crippen molar-refractivity contribution in [2.24, 2.45) is 0 Å². The second-order valence-electron chi connectivity index (χ2n) is 5.69. The summed E-state index contributed by atoms with van der Waals surface area (Å²) in [5.41, 5.74) is 0.705. The van der Waals surface area contributed by atoms with Crippen LogP contribution in [0.2, 0.25) is 0 Å². The highest BCUT2D eigenvalue weighted by Crippen LogP contribution is 2.24. The van der Waals surface area contributed by atoms with E-state index < -0.39 is 5.82 Å². The van der Waals surface area contributed by atoms with Gasteiger partial charge in [0, 0.05) is 16.2 Å². The van der Waals surface area contributed by atoms with E-state index in [-0.39, 0.29) is 27.9 Å². The lowest BCUT2D eigenvalue weighted by Gasteiger charge is -2.08. The summed E-state index contributed by atoms with van der Waals surface area (Å²) in [5.74, 6) is -0.921. The first-order valence-electron chi connectivity index (χ1n) is 7.75. The van der Waals surface area contributed by atoms with Crippen LogP contribution in [0.3, 0.4) is 0 Å². The maximum atomic E-state index is 14.0. The van der Waals surface area contributed by atoms with Crippen molar-refractivity contribution in [2.45, 2.75) is 0 Å². The molecular weight excluding hydrogens is 401 g/mol. The fraction of sp³-hybridized carbons (Fsp3) is 0. The first-order chi connectivity index (χ1) is 12.5. The third-order valence-electron chi connectivity index (χ3n) is 4.03. The molecule has 0 radical (unpaired) electrons. The Morgan fingerprint density at radius 2 is 1.81 bits per heavy atom. The van der Waals surface area contributed by atoms with Crippen molar-refractivity contribution in [1.29, 1.82) is 0 Å². The summed E-state index contributed by atoms with van der Waals surface area (Å²) in [4.78, 5) is 24.9. The van der Waals surface area contributed by atoms with Crippen molar-refractivity contribution >= 4 is 49.5 Å². The molecule has 0 spiro atoms. The molecule has 0 unspecified atom stereocenters. The smallest absolute Gasteiger partial charge is 0.256 e. The van der Waals surface area contributed by atoms with Crippen LogP contribution in [0.5, 0.6) is 0 Å². The zero-order valence-corrected chi connectivity index (χ0v) is 14.8. The molecule has 0 fully saturated rings. The number of nitrogens with one attached hydrogen (secondary N) is 1. The van der Waals surface area contributed by atoms with Crippen molar-refractivity contribution in [3.05, 3.63) is 86.7 Å². The maximum absolute atomic E-state index is 14.0. The Morgan fingerprint density at radius 1 is 1.00 bits per heavy atom. The molecule has 1 N–H and O–H groups in total. The molecule has 0 saturated heterocycles. The van der Waals surface area contributed by atoms with Crippen LogP contribution in [0.25, 0.3) is 21.9 Å². The second kappa shape index (κ2) is 6.38. The third kappa shape index (κ3) is 2.78. The van der Waals surface area contributed by atoms with Gasteiger partial charge in [0.2, 0.25) is 5.43 Å². The van der Waals surface area contributed by atoms with E-state index in [1.807, 2.05) is 6.07 Å². The maximum Gasteiger partial charge on any atom is 0.256 e. The summed E-state index contributed by atoms with van der Waals surface area (Å²) in [6, 6.07) is 15.9. The molecule has 1 heterocycles. The lowest BCUT2D eigenvalue weighted by molar-refractivity contribution is 0.102. The fourth-order valence-electron chi connectivity index (χ4n) is 2.76. The zero-order valence-electron chi connectivity index (χ0n) is 13.3. The lowest BCUT2D eigenvalue weighted by Crippen LogP contribution is -2.12. The normalized spacial score (nSPS) is 11.0. The summed E-state index contributed by atoms with van der Waals surface area (Å²) >= 11 is 3.33. The van der Waals surface area contributed by atoms with E-state index in [2.05, 4.69) is 21.2 Å². The molecule has 4 rings (SSSR count). The highest BCUT2D eigenvalue weighted by Gasteiger charge is 2.13. The number of halogens is 2. The third-order valence-corrected chi connectivity index (χ3v) is 4.72. The van der Waals surface area contributed by atoms with Crippen molar-refractivity contribution in [2.75, 3.05) is 5.32 Å². The molecule has 1 amide bonds. The van der Waals surface area contributed by atoms with Gasteiger partial charge in [-0.05, 0) is 52.3 Å². The molecule has 3 aromatic carbocycles. The Hall–Kier alpha value is -2.99. The Kier molecular flexibility index (Phi) is 4.05. The number of amides is 1. The van der Waals surface area contributed by atoms with Gasteiger partial charge < -0.3 is 9.73 Å². The van der Waals surface area contributed by atoms with Gasteiger partial charge in [-0.1, -0.05) is 18.2 Å². The zero-order chi connectivity index (χ0) is 18.3. The molecule has 0 aliphatic rings. The number of carbonyl (C=O) groups excluding carboxylic acids is 1. The molecule has 0 saturated carbocycles. The minimum atomic E-state index is -0.607. The average molecular weight is 412 g/mol.